The van der Waals surface area contributed by atoms with Gasteiger partial charge in [0.05, 0.1) is 12.1 Å². The second-order valence-corrected chi connectivity index (χ2v) is 5.56. The van der Waals surface area contributed by atoms with Gasteiger partial charge < -0.3 is 15.3 Å². The summed E-state index contributed by atoms with van der Waals surface area (Å²) in [5.74, 6) is 0. The zero-order valence-electron chi connectivity index (χ0n) is 11.7. The van der Waals surface area contributed by atoms with Gasteiger partial charge in [0.25, 0.3) is 0 Å². The lowest BCUT2D eigenvalue weighted by Gasteiger charge is -2.43. The highest BCUT2D eigenvalue weighted by Gasteiger charge is 2.33. The molecule has 100 valence electrons. The molecular formula is C15H24N2O. The molecule has 3 heteroatoms. The molecule has 0 radical (unpaired) electrons. The highest BCUT2D eigenvalue weighted by Crippen LogP contribution is 2.27. The monoisotopic (exact) mass is 248 g/mol. The maximum Gasteiger partial charge on any atom is 0.0630 e. The van der Waals surface area contributed by atoms with Crippen LogP contribution in [-0.2, 0) is 0 Å². The lowest BCUT2D eigenvalue weighted by atomic mass is 9.89. The molecule has 0 aliphatic carbocycles. The van der Waals surface area contributed by atoms with Crippen molar-refractivity contribution in [1.29, 1.82) is 0 Å². The van der Waals surface area contributed by atoms with Crippen LogP contribution in [-0.4, -0.2) is 37.4 Å². The third-order valence-electron chi connectivity index (χ3n) is 3.98. The highest BCUT2D eigenvalue weighted by molar-refractivity contribution is 5.51. The molecule has 1 unspecified atom stereocenters. The summed E-state index contributed by atoms with van der Waals surface area (Å²) < 4.78 is 0. The minimum Gasteiger partial charge on any atom is -0.394 e. The number of rotatable bonds is 3. The Morgan fingerprint density at radius 3 is 2.50 bits per heavy atom. The molecule has 0 spiro atoms. The summed E-state index contributed by atoms with van der Waals surface area (Å²) in [6, 6.07) is 6.66. The molecule has 2 N–H and O–H groups in total. The molecule has 1 heterocycles. The summed E-state index contributed by atoms with van der Waals surface area (Å²) in [6.45, 7) is 6.43. The Labute approximate surface area is 110 Å². The summed E-state index contributed by atoms with van der Waals surface area (Å²) >= 11 is 0. The first kappa shape index (κ1) is 13.4. The molecule has 1 fully saturated rings. The molecule has 1 aliphatic rings. The molecule has 1 saturated heterocycles. The van der Waals surface area contributed by atoms with E-state index in [-0.39, 0.29) is 12.1 Å². The van der Waals surface area contributed by atoms with Crippen LogP contribution in [0.15, 0.2) is 18.2 Å². The Balaban J connectivity index is 2.22. The Morgan fingerprint density at radius 1 is 1.28 bits per heavy atom. The first-order valence-electron chi connectivity index (χ1n) is 6.72. The number of anilines is 1. The number of hydrogen-bond acceptors (Lipinski definition) is 3. The predicted octanol–water partition coefficient (Wildman–Crippen LogP) is 1.85. The second-order valence-electron chi connectivity index (χ2n) is 5.56. The first-order valence-corrected chi connectivity index (χ1v) is 6.72. The molecule has 0 bridgehead atoms. The molecule has 1 aromatic rings. The number of nitrogens with zero attached hydrogens (tertiary/aromatic N) is 1. The quantitative estimate of drug-likeness (QED) is 0.857. The van der Waals surface area contributed by atoms with Crippen molar-refractivity contribution in [3.8, 4) is 0 Å². The van der Waals surface area contributed by atoms with Crippen LogP contribution in [0.25, 0.3) is 0 Å². The van der Waals surface area contributed by atoms with E-state index in [9.17, 15) is 5.11 Å². The topological polar surface area (TPSA) is 35.5 Å². The van der Waals surface area contributed by atoms with Crippen LogP contribution < -0.4 is 10.2 Å². The van der Waals surface area contributed by atoms with Gasteiger partial charge in [-0.15, -0.1) is 0 Å². The number of piperidine rings is 1. The zero-order chi connectivity index (χ0) is 13.2. The second kappa shape index (κ2) is 5.29. The van der Waals surface area contributed by atoms with E-state index in [1.807, 2.05) is 7.05 Å². The largest absolute Gasteiger partial charge is 0.394 e. The van der Waals surface area contributed by atoms with Crippen LogP contribution >= 0.6 is 0 Å². The van der Waals surface area contributed by atoms with Crippen LogP contribution in [0.5, 0.6) is 0 Å². The molecule has 1 aliphatic heterocycles. The van der Waals surface area contributed by atoms with Gasteiger partial charge in [-0.05, 0) is 57.0 Å². The van der Waals surface area contributed by atoms with Gasteiger partial charge in [0.15, 0.2) is 0 Å². The van der Waals surface area contributed by atoms with Crippen molar-refractivity contribution < 1.29 is 5.11 Å². The minimum atomic E-state index is -0.143. The van der Waals surface area contributed by atoms with Crippen LogP contribution in [0, 0.1) is 13.8 Å². The Kier molecular flexibility index (Phi) is 3.93. The number of aliphatic hydroxyl groups is 1. The van der Waals surface area contributed by atoms with Crippen LogP contribution in [0.4, 0.5) is 5.69 Å². The van der Waals surface area contributed by atoms with E-state index in [4.69, 9.17) is 0 Å². The maximum absolute atomic E-state index is 9.63. The SMILES string of the molecule is CNC1(CO)CCCN(c2cc(C)cc(C)c2)C1. The first-order chi connectivity index (χ1) is 8.58. The summed E-state index contributed by atoms with van der Waals surface area (Å²) in [5.41, 5.74) is 3.74. The smallest absolute Gasteiger partial charge is 0.0630 e. The molecular weight excluding hydrogens is 224 g/mol. The summed E-state index contributed by atoms with van der Waals surface area (Å²) in [4.78, 5) is 2.39. The maximum atomic E-state index is 9.63. The molecule has 18 heavy (non-hydrogen) atoms. The molecule has 1 aromatic carbocycles. The fourth-order valence-electron chi connectivity index (χ4n) is 2.90. The van der Waals surface area contributed by atoms with E-state index < -0.39 is 0 Å². The van der Waals surface area contributed by atoms with Gasteiger partial charge in [0.2, 0.25) is 0 Å². The van der Waals surface area contributed by atoms with Crippen LogP contribution in [0.3, 0.4) is 0 Å². The van der Waals surface area contributed by atoms with Crippen molar-refractivity contribution in [1.82, 2.24) is 5.32 Å². The van der Waals surface area contributed by atoms with Crippen LogP contribution in [0.2, 0.25) is 0 Å². The molecule has 0 saturated carbocycles. The predicted molar refractivity (Wildman–Crippen MR) is 76.2 cm³/mol. The summed E-state index contributed by atoms with van der Waals surface area (Å²) in [6.07, 6.45) is 2.16. The number of aryl methyl sites for hydroxylation is 2. The normalized spacial score (nSPS) is 24.3. The number of benzene rings is 1. The van der Waals surface area contributed by atoms with Crippen molar-refractivity contribution in [3.63, 3.8) is 0 Å². The van der Waals surface area contributed by atoms with Crippen molar-refractivity contribution in [2.24, 2.45) is 0 Å². The average molecular weight is 248 g/mol. The van der Waals surface area contributed by atoms with Gasteiger partial charge in [-0.1, -0.05) is 6.07 Å². The van der Waals surface area contributed by atoms with Gasteiger partial charge >= 0.3 is 0 Å². The summed E-state index contributed by atoms with van der Waals surface area (Å²) in [5, 5.41) is 12.9. The minimum absolute atomic E-state index is 0.143. The van der Waals surface area contributed by atoms with Gasteiger partial charge in [0, 0.05) is 18.8 Å². The van der Waals surface area contributed by atoms with E-state index in [0.29, 0.717) is 0 Å². The number of aliphatic hydroxyl groups excluding tert-OH is 1. The molecule has 2 rings (SSSR count). The Hall–Kier alpha value is -1.06. The van der Waals surface area contributed by atoms with Gasteiger partial charge in [0.1, 0.15) is 0 Å². The lowest BCUT2D eigenvalue weighted by molar-refractivity contribution is 0.149. The molecule has 0 amide bonds. The Bertz CT molecular complexity index is 393. The molecule has 3 nitrogen and oxygen atoms in total. The van der Waals surface area contributed by atoms with E-state index >= 15 is 0 Å². The van der Waals surface area contributed by atoms with E-state index in [1.165, 1.54) is 16.8 Å². The number of nitrogens with one attached hydrogen (secondary N) is 1. The van der Waals surface area contributed by atoms with Crippen LogP contribution in [0.1, 0.15) is 24.0 Å². The Morgan fingerprint density at radius 2 is 1.94 bits per heavy atom. The van der Waals surface area contributed by atoms with Crippen molar-refractivity contribution in [3.05, 3.63) is 29.3 Å². The number of likely N-dealkylation sites (N-methyl/N-ethyl adjacent to an activating group) is 1. The van der Waals surface area contributed by atoms with E-state index in [1.54, 1.807) is 0 Å². The van der Waals surface area contributed by atoms with Gasteiger partial charge in [-0.25, -0.2) is 0 Å². The van der Waals surface area contributed by atoms with Gasteiger partial charge in [-0.2, -0.15) is 0 Å². The highest BCUT2D eigenvalue weighted by atomic mass is 16.3. The van der Waals surface area contributed by atoms with Crippen molar-refractivity contribution in [2.75, 3.05) is 31.6 Å². The van der Waals surface area contributed by atoms with E-state index in [2.05, 4.69) is 42.3 Å². The number of hydrogen-bond donors (Lipinski definition) is 2. The third kappa shape index (κ3) is 2.68. The third-order valence-corrected chi connectivity index (χ3v) is 3.98. The van der Waals surface area contributed by atoms with Gasteiger partial charge in [-0.3, -0.25) is 0 Å². The fraction of sp³-hybridized carbons (Fsp3) is 0.600. The summed E-state index contributed by atoms with van der Waals surface area (Å²) in [7, 11) is 1.95. The fourth-order valence-corrected chi connectivity index (χ4v) is 2.90. The standard InChI is InChI=1S/C15H24N2O/c1-12-7-13(2)9-14(8-12)17-6-4-5-15(10-17,11-18)16-3/h7-9,16,18H,4-6,10-11H2,1-3H3. The average Bonchev–Trinajstić information content (AvgIpc) is 2.37. The molecule has 0 aromatic heterocycles. The van der Waals surface area contributed by atoms with E-state index in [0.717, 1.165) is 25.9 Å². The van der Waals surface area contributed by atoms with Crippen molar-refractivity contribution >= 4 is 5.69 Å². The van der Waals surface area contributed by atoms with Crippen molar-refractivity contribution in [2.45, 2.75) is 32.2 Å². The lowest BCUT2D eigenvalue weighted by Crippen LogP contribution is -2.58. The molecule has 1 atom stereocenters. The zero-order valence-corrected chi connectivity index (χ0v) is 11.7.